The van der Waals surface area contributed by atoms with Crippen molar-refractivity contribution >= 4 is 32.3 Å². The molecule has 0 spiro atoms. The Hall–Kier alpha value is -4.75. The molecule has 7 rings (SSSR count). The number of hydrogen-bond acceptors (Lipinski definition) is 1. The van der Waals surface area contributed by atoms with Crippen LogP contribution in [0.2, 0.25) is 0 Å². The van der Waals surface area contributed by atoms with Crippen LogP contribution in [0.1, 0.15) is 0 Å². The van der Waals surface area contributed by atoms with E-state index in [2.05, 4.69) is 126 Å². The van der Waals surface area contributed by atoms with Gasteiger partial charge in [0.2, 0.25) is 0 Å². The van der Waals surface area contributed by atoms with E-state index < -0.39 is 0 Å². The van der Waals surface area contributed by atoms with Crippen molar-refractivity contribution in [1.29, 1.82) is 0 Å². The number of fused-ring (bicyclic) bond motifs is 3. The van der Waals surface area contributed by atoms with E-state index in [0.29, 0.717) is 0 Å². The van der Waals surface area contributed by atoms with Gasteiger partial charge in [-0.2, -0.15) is 0 Å². The molecule has 0 saturated heterocycles. The minimum Gasteiger partial charge on any atom is -0.256 e. The molecular formula is C35H23N. The summed E-state index contributed by atoms with van der Waals surface area (Å²) in [6.07, 6.45) is 1.85. The standard InChI is InChI=1S/C35H23N/c1-2-11-25-22-28(20-19-24(25)10-1)35-31-16-5-3-14-29(31)34(30-15-4-6-17-32(30)35)27-13-9-12-26(23-27)33-18-7-8-21-36-33/h1-23H. The van der Waals surface area contributed by atoms with Gasteiger partial charge in [-0.25, -0.2) is 0 Å². The average Bonchev–Trinajstić information content (AvgIpc) is 2.96. The fraction of sp³-hybridized carbons (Fsp3) is 0. The Labute approximate surface area is 210 Å². The molecule has 0 amide bonds. The van der Waals surface area contributed by atoms with Crippen LogP contribution >= 0.6 is 0 Å². The lowest BCUT2D eigenvalue weighted by molar-refractivity contribution is 1.33. The molecule has 0 saturated carbocycles. The van der Waals surface area contributed by atoms with E-state index >= 15 is 0 Å². The zero-order valence-corrected chi connectivity index (χ0v) is 19.7. The van der Waals surface area contributed by atoms with Gasteiger partial charge in [-0.1, -0.05) is 109 Å². The molecule has 0 aliphatic rings. The van der Waals surface area contributed by atoms with E-state index in [4.69, 9.17) is 0 Å². The van der Waals surface area contributed by atoms with Crippen LogP contribution in [-0.2, 0) is 0 Å². The number of benzene rings is 6. The summed E-state index contributed by atoms with van der Waals surface area (Å²) in [5.74, 6) is 0. The highest BCUT2D eigenvalue weighted by Crippen LogP contribution is 2.44. The summed E-state index contributed by atoms with van der Waals surface area (Å²) in [7, 11) is 0. The predicted molar refractivity (Wildman–Crippen MR) is 153 cm³/mol. The van der Waals surface area contributed by atoms with E-state index in [1.807, 2.05) is 18.3 Å². The van der Waals surface area contributed by atoms with Gasteiger partial charge in [-0.3, -0.25) is 4.98 Å². The third-order valence-electron chi connectivity index (χ3n) is 7.08. The van der Waals surface area contributed by atoms with Crippen molar-refractivity contribution in [3.05, 3.63) is 140 Å². The molecule has 1 aromatic heterocycles. The van der Waals surface area contributed by atoms with Crippen molar-refractivity contribution in [3.8, 4) is 33.5 Å². The molecule has 0 N–H and O–H groups in total. The summed E-state index contributed by atoms with van der Waals surface area (Å²) in [5, 5.41) is 7.58. The zero-order valence-electron chi connectivity index (χ0n) is 19.7. The van der Waals surface area contributed by atoms with Gasteiger partial charge in [0.15, 0.2) is 0 Å². The predicted octanol–water partition coefficient (Wildman–Crippen LogP) is 9.54. The van der Waals surface area contributed by atoms with Crippen molar-refractivity contribution in [2.45, 2.75) is 0 Å². The number of nitrogens with zero attached hydrogens (tertiary/aromatic N) is 1. The Balaban J connectivity index is 1.55. The van der Waals surface area contributed by atoms with Crippen LogP contribution in [0, 0.1) is 0 Å². The summed E-state index contributed by atoms with van der Waals surface area (Å²) in [4.78, 5) is 4.59. The van der Waals surface area contributed by atoms with Crippen LogP contribution in [0.3, 0.4) is 0 Å². The molecule has 0 fully saturated rings. The van der Waals surface area contributed by atoms with Crippen molar-refractivity contribution in [2.75, 3.05) is 0 Å². The Bertz CT molecular complexity index is 1830. The normalized spacial score (nSPS) is 11.3. The topological polar surface area (TPSA) is 12.9 Å². The first kappa shape index (κ1) is 20.6. The zero-order chi connectivity index (χ0) is 23.9. The van der Waals surface area contributed by atoms with Crippen LogP contribution in [0.4, 0.5) is 0 Å². The second kappa shape index (κ2) is 8.48. The van der Waals surface area contributed by atoms with Crippen LogP contribution < -0.4 is 0 Å². The number of rotatable bonds is 3. The van der Waals surface area contributed by atoms with E-state index in [1.165, 1.54) is 54.6 Å². The third kappa shape index (κ3) is 3.37. The lowest BCUT2D eigenvalue weighted by Crippen LogP contribution is -1.91. The molecule has 6 aromatic carbocycles. The maximum Gasteiger partial charge on any atom is 0.0702 e. The van der Waals surface area contributed by atoms with Gasteiger partial charge in [-0.15, -0.1) is 0 Å². The lowest BCUT2D eigenvalue weighted by atomic mass is 9.85. The molecule has 0 unspecified atom stereocenters. The third-order valence-corrected chi connectivity index (χ3v) is 7.08. The fourth-order valence-corrected chi connectivity index (χ4v) is 5.46. The van der Waals surface area contributed by atoms with E-state index in [0.717, 1.165) is 11.3 Å². The molecule has 168 valence electrons. The molecule has 1 heteroatoms. The summed E-state index contributed by atoms with van der Waals surface area (Å²) >= 11 is 0. The number of hydrogen-bond donors (Lipinski definition) is 0. The van der Waals surface area contributed by atoms with Gasteiger partial charge < -0.3 is 0 Å². The van der Waals surface area contributed by atoms with Gasteiger partial charge in [0.05, 0.1) is 5.69 Å². The minimum absolute atomic E-state index is 0.987. The lowest BCUT2D eigenvalue weighted by Gasteiger charge is -2.18. The Morgan fingerprint density at radius 3 is 1.56 bits per heavy atom. The molecule has 0 atom stereocenters. The molecule has 1 nitrogen and oxygen atoms in total. The van der Waals surface area contributed by atoms with Crippen LogP contribution in [-0.4, -0.2) is 4.98 Å². The van der Waals surface area contributed by atoms with Crippen molar-refractivity contribution in [3.63, 3.8) is 0 Å². The summed E-state index contributed by atoms with van der Waals surface area (Å²) < 4.78 is 0. The van der Waals surface area contributed by atoms with Crippen LogP contribution in [0.5, 0.6) is 0 Å². The second-order valence-electron chi connectivity index (χ2n) is 9.20. The second-order valence-corrected chi connectivity index (χ2v) is 9.20. The van der Waals surface area contributed by atoms with Crippen LogP contribution in [0.25, 0.3) is 65.8 Å². The molecule has 0 aliphatic heterocycles. The van der Waals surface area contributed by atoms with Crippen molar-refractivity contribution < 1.29 is 0 Å². The SMILES string of the molecule is c1ccc(-c2cccc(-c3c4ccccc4c(-c4ccc5ccccc5c4)c4ccccc34)c2)nc1. The highest BCUT2D eigenvalue weighted by atomic mass is 14.7. The quantitative estimate of drug-likeness (QED) is 0.241. The summed E-state index contributed by atoms with van der Waals surface area (Å²) in [6, 6.07) is 47.9. The first-order valence-electron chi connectivity index (χ1n) is 12.3. The molecule has 7 aromatic rings. The van der Waals surface area contributed by atoms with E-state index in [-0.39, 0.29) is 0 Å². The number of aromatic nitrogens is 1. The van der Waals surface area contributed by atoms with E-state index in [1.54, 1.807) is 0 Å². The maximum absolute atomic E-state index is 4.59. The molecule has 36 heavy (non-hydrogen) atoms. The van der Waals surface area contributed by atoms with Gasteiger partial charge in [0, 0.05) is 11.8 Å². The Morgan fingerprint density at radius 1 is 0.361 bits per heavy atom. The summed E-state index contributed by atoms with van der Waals surface area (Å²) in [5.41, 5.74) is 7.12. The fourth-order valence-electron chi connectivity index (χ4n) is 5.46. The maximum atomic E-state index is 4.59. The van der Waals surface area contributed by atoms with Crippen LogP contribution in [0.15, 0.2) is 140 Å². The minimum atomic E-state index is 0.987. The average molecular weight is 458 g/mol. The smallest absolute Gasteiger partial charge is 0.0702 e. The first-order chi connectivity index (χ1) is 17.9. The molecule has 1 heterocycles. The highest BCUT2D eigenvalue weighted by molar-refractivity contribution is 6.21. The molecular weight excluding hydrogens is 434 g/mol. The number of pyridine rings is 1. The van der Waals surface area contributed by atoms with Gasteiger partial charge in [0.1, 0.15) is 0 Å². The highest BCUT2D eigenvalue weighted by Gasteiger charge is 2.17. The van der Waals surface area contributed by atoms with Gasteiger partial charge >= 0.3 is 0 Å². The molecule has 0 bridgehead atoms. The van der Waals surface area contributed by atoms with E-state index in [9.17, 15) is 0 Å². The first-order valence-corrected chi connectivity index (χ1v) is 12.3. The van der Waals surface area contributed by atoms with Crippen molar-refractivity contribution in [2.24, 2.45) is 0 Å². The van der Waals surface area contributed by atoms with Gasteiger partial charge in [0.25, 0.3) is 0 Å². The monoisotopic (exact) mass is 457 g/mol. The van der Waals surface area contributed by atoms with Gasteiger partial charge in [-0.05, 0) is 78.8 Å². The van der Waals surface area contributed by atoms with Crippen molar-refractivity contribution in [1.82, 2.24) is 4.98 Å². The molecule has 0 aliphatic carbocycles. The summed E-state index contributed by atoms with van der Waals surface area (Å²) in [6.45, 7) is 0. The Morgan fingerprint density at radius 2 is 0.917 bits per heavy atom. The molecule has 0 radical (unpaired) electrons. The Kier molecular flexibility index (Phi) is 4.85. The largest absolute Gasteiger partial charge is 0.256 e.